The molecule has 2 heteroatoms. The highest BCUT2D eigenvalue weighted by Gasteiger charge is 2.36. The summed E-state index contributed by atoms with van der Waals surface area (Å²) in [6.45, 7) is 9.80. The second-order valence-corrected chi connectivity index (χ2v) is 4.94. The van der Waals surface area contributed by atoms with Gasteiger partial charge < -0.3 is 4.74 Å². The molecule has 0 saturated heterocycles. The standard InChI is InChI=1S/C13H22O2/c1-5-13(15-11(4)14)8-6-12(7-9-13)10(2)3/h5,10,12H,1,6-9H2,2-4H3. The number of rotatable bonds is 3. The maximum atomic E-state index is 11.0. The Morgan fingerprint density at radius 2 is 2.00 bits per heavy atom. The van der Waals surface area contributed by atoms with Crippen LogP contribution in [0, 0.1) is 11.8 Å². The summed E-state index contributed by atoms with van der Waals surface area (Å²) < 4.78 is 5.40. The molecule has 0 unspecified atom stereocenters. The van der Waals surface area contributed by atoms with E-state index >= 15 is 0 Å². The Morgan fingerprint density at radius 1 is 1.47 bits per heavy atom. The van der Waals surface area contributed by atoms with E-state index in [0.717, 1.165) is 37.5 Å². The van der Waals surface area contributed by atoms with Gasteiger partial charge in [0.15, 0.2) is 0 Å². The van der Waals surface area contributed by atoms with Crippen molar-refractivity contribution in [3.05, 3.63) is 12.7 Å². The van der Waals surface area contributed by atoms with Crippen molar-refractivity contribution in [3.63, 3.8) is 0 Å². The molecule has 0 aliphatic heterocycles. The van der Waals surface area contributed by atoms with Crippen LogP contribution in [0.1, 0.15) is 46.5 Å². The molecule has 0 aromatic carbocycles. The second kappa shape index (κ2) is 4.82. The van der Waals surface area contributed by atoms with Crippen LogP contribution in [0.2, 0.25) is 0 Å². The number of esters is 1. The Bertz CT molecular complexity index is 235. The highest BCUT2D eigenvalue weighted by atomic mass is 16.6. The van der Waals surface area contributed by atoms with Crippen LogP contribution in [0.3, 0.4) is 0 Å². The molecule has 0 atom stereocenters. The fraction of sp³-hybridized carbons (Fsp3) is 0.769. The molecule has 0 aromatic rings. The predicted octanol–water partition coefficient (Wildman–Crippen LogP) is 3.32. The molecule has 0 radical (unpaired) electrons. The van der Waals surface area contributed by atoms with E-state index in [1.165, 1.54) is 6.92 Å². The SMILES string of the molecule is C=CC1(OC(C)=O)CCC(C(C)C)CC1. The Hall–Kier alpha value is -0.790. The van der Waals surface area contributed by atoms with Crippen molar-refractivity contribution in [3.8, 4) is 0 Å². The summed E-state index contributed by atoms with van der Waals surface area (Å²) in [6.07, 6.45) is 5.94. The third-order valence-electron chi connectivity index (χ3n) is 3.54. The van der Waals surface area contributed by atoms with Gasteiger partial charge in [-0.2, -0.15) is 0 Å². The fourth-order valence-corrected chi connectivity index (χ4v) is 2.43. The van der Waals surface area contributed by atoms with Gasteiger partial charge in [-0.3, -0.25) is 4.79 Å². The van der Waals surface area contributed by atoms with Crippen LogP contribution in [-0.2, 0) is 9.53 Å². The van der Waals surface area contributed by atoms with Gasteiger partial charge in [0, 0.05) is 6.92 Å². The molecule has 0 bridgehead atoms. The lowest BCUT2D eigenvalue weighted by Gasteiger charge is -2.38. The molecule has 0 spiro atoms. The monoisotopic (exact) mass is 210 g/mol. The molecule has 0 aromatic heterocycles. The molecule has 1 aliphatic carbocycles. The van der Waals surface area contributed by atoms with E-state index in [2.05, 4.69) is 20.4 Å². The summed E-state index contributed by atoms with van der Waals surface area (Å²) >= 11 is 0. The molecule has 2 nitrogen and oxygen atoms in total. The third-order valence-corrected chi connectivity index (χ3v) is 3.54. The molecule has 0 heterocycles. The Morgan fingerprint density at radius 3 is 2.33 bits per heavy atom. The van der Waals surface area contributed by atoms with Crippen LogP contribution in [0.25, 0.3) is 0 Å². The molecule has 86 valence electrons. The van der Waals surface area contributed by atoms with Gasteiger partial charge >= 0.3 is 5.97 Å². The molecule has 1 aliphatic rings. The summed E-state index contributed by atoms with van der Waals surface area (Å²) in [5.74, 6) is 1.30. The van der Waals surface area contributed by atoms with Gasteiger partial charge in [0.25, 0.3) is 0 Å². The highest BCUT2D eigenvalue weighted by Crippen LogP contribution is 2.38. The lowest BCUT2D eigenvalue weighted by molar-refractivity contribution is -0.155. The fourth-order valence-electron chi connectivity index (χ4n) is 2.43. The van der Waals surface area contributed by atoms with E-state index in [1.807, 2.05) is 6.08 Å². The van der Waals surface area contributed by atoms with E-state index in [1.54, 1.807) is 0 Å². The van der Waals surface area contributed by atoms with Gasteiger partial charge in [0.05, 0.1) is 0 Å². The minimum Gasteiger partial charge on any atom is -0.455 e. The average molecular weight is 210 g/mol. The van der Waals surface area contributed by atoms with E-state index in [0.29, 0.717) is 0 Å². The van der Waals surface area contributed by atoms with Crippen molar-refractivity contribution in [2.24, 2.45) is 11.8 Å². The maximum absolute atomic E-state index is 11.0. The zero-order chi connectivity index (χ0) is 11.5. The summed E-state index contributed by atoms with van der Waals surface area (Å²) in [5, 5.41) is 0. The zero-order valence-corrected chi connectivity index (χ0v) is 10.1. The van der Waals surface area contributed by atoms with Crippen molar-refractivity contribution in [2.45, 2.75) is 52.1 Å². The smallest absolute Gasteiger partial charge is 0.303 e. The molecule has 1 fully saturated rings. The van der Waals surface area contributed by atoms with Crippen LogP contribution in [0.4, 0.5) is 0 Å². The first-order valence-electron chi connectivity index (χ1n) is 5.82. The molecule has 1 rings (SSSR count). The van der Waals surface area contributed by atoms with E-state index in [4.69, 9.17) is 4.74 Å². The van der Waals surface area contributed by atoms with Gasteiger partial charge in [-0.15, -0.1) is 0 Å². The molecule has 1 saturated carbocycles. The Labute approximate surface area is 92.7 Å². The van der Waals surface area contributed by atoms with E-state index in [-0.39, 0.29) is 11.6 Å². The van der Waals surface area contributed by atoms with Gasteiger partial charge in [-0.25, -0.2) is 0 Å². The minimum atomic E-state index is -0.378. The first-order chi connectivity index (χ1) is 6.99. The Kier molecular flexibility index (Phi) is 3.95. The van der Waals surface area contributed by atoms with Gasteiger partial charge in [-0.1, -0.05) is 20.4 Å². The van der Waals surface area contributed by atoms with Crippen molar-refractivity contribution < 1.29 is 9.53 Å². The molecular formula is C13H22O2. The number of carbonyl (C=O) groups is 1. The largest absolute Gasteiger partial charge is 0.455 e. The van der Waals surface area contributed by atoms with Crippen molar-refractivity contribution in [1.29, 1.82) is 0 Å². The Balaban J connectivity index is 2.58. The summed E-state index contributed by atoms with van der Waals surface area (Å²) in [6, 6.07) is 0. The van der Waals surface area contributed by atoms with Gasteiger partial charge in [0.2, 0.25) is 0 Å². The van der Waals surface area contributed by atoms with Crippen molar-refractivity contribution >= 4 is 5.97 Å². The highest BCUT2D eigenvalue weighted by molar-refractivity contribution is 5.66. The van der Waals surface area contributed by atoms with Crippen LogP contribution >= 0.6 is 0 Å². The van der Waals surface area contributed by atoms with Crippen LogP contribution in [0.15, 0.2) is 12.7 Å². The first kappa shape index (κ1) is 12.3. The van der Waals surface area contributed by atoms with Crippen LogP contribution in [-0.4, -0.2) is 11.6 Å². The normalized spacial score (nSPS) is 31.3. The first-order valence-corrected chi connectivity index (χ1v) is 5.82. The van der Waals surface area contributed by atoms with Gasteiger partial charge in [-0.05, 0) is 43.6 Å². The summed E-state index contributed by atoms with van der Waals surface area (Å²) in [4.78, 5) is 11.0. The quantitative estimate of drug-likeness (QED) is 0.527. The predicted molar refractivity (Wildman–Crippen MR) is 61.5 cm³/mol. The average Bonchev–Trinajstić information content (AvgIpc) is 2.17. The van der Waals surface area contributed by atoms with Crippen LogP contribution in [0.5, 0.6) is 0 Å². The number of ether oxygens (including phenoxy) is 1. The third kappa shape index (κ3) is 3.08. The summed E-state index contributed by atoms with van der Waals surface area (Å²) in [5.41, 5.74) is -0.378. The van der Waals surface area contributed by atoms with Crippen LogP contribution < -0.4 is 0 Å². The maximum Gasteiger partial charge on any atom is 0.303 e. The molecule has 0 N–H and O–H groups in total. The minimum absolute atomic E-state index is 0.196. The van der Waals surface area contributed by atoms with Gasteiger partial charge in [0.1, 0.15) is 5.60 Å². The number of hydrogen-bond acceptors (Lipinski definition) is 2. The zero-order valence-electron chi connectivity index (χ0n) is 10.1. The molecular weight excluding hydrogens is 188 g/mol. The topological polar surface area (TPSA) is 26.3 Å². The molecule has 15 heavy (non-hydrogen) atoms. The van der Waals surface area contributed by atoms with Crippen molar-refractivity contribution in [2.75, 3.05) is 0 Å². The summed E-state index contributed by atoms with van der Waals surface area (Å²) in [7, 11) is 0. The number of carbonyl (C=O) groups excluding carboxylic acids is 1. The lowest BCUT2D eigenvalue weighted by atomic mass is 9.74. The number of hydrogen-bond donors (Lipinski definition) is 0. The van der Waals surface area contributed by atoms with E-state index < -0.39 is 0 Å². The molecule has 0 amide bonds. The second-order valence-electron chi connectivity index (χ2n) is 4.94. The lowest BCUT2D eigenvalue weighted by Crippen LogP contribution is -2.37. The van der Waals surface area contributed by atoms with Crippen molar-refractivity contribution in [1.82, 2.24) is 0 Å². The van der Waals surface area contributed by atoms with E-state index in [9.17, 15) is 4.79 Å².